The van der Waals surface area contributed by atoms with Crippen LogP contribution in [0.25, 0.3) is 0 Å². The van der Waals surface area contributed by atoms with E-state index in [4.69, 9.17) is 0 Å². The van der Waals surface area contributed by atoms with Crippen molar-refractivity contribution >= 4 is 16.5 Å². The molecule has 1 heterocycles. The topological polar surface area (TPSA) is 47.0 Å². The summed E-state index contributed by atoms with van der Waals surface area (Å²) in [5.74, 6) is 0.151. The van der Waals surface area contributed by atoms with Crippen LogP contribution in [0.2, 0.25) is 0 Å². The molecule has 0 bridgehead atoms. The Morgan fingerprint density at radius 1 is 1.35 bits per heavy atom. The maximum Gasteiger partial charge on any atom is 0.387 e. The molecule has 0 aliphatic carbocycles. The summed E-state index contributed by atoms with van der Waals surface area (Å²) in [4.78, 5) is 0. The summed E-state index contributed by atoms with van der Waals surface area (Å²) in [5, 5.41) is 12.9. The van der Waals surface area contributed by atoms with Crippen LogP contribution in [0.4, 0.5) is 13.9 Å². The van der Waals surface area contributed by atoms with Crippen molar-refractivity contribution in [1.82, 2.24) is 10.2 Å². The summed E-state index contributed by atoms with van der Waals surface area (Å²) < 4.78 is 28.8. The molecule has 0 aliphatic rings. The van der Waals surface area contributed by atoms with Crippen molar-refractivity contribution in [2.24, 2.45) is 0 Å². The highest BCUT2D eigenvalue weighted by atomic mass is 32.1. The van der Waals surface area contributed by atoms with Gasteiger partial charge in [-0.05, 0) is 31.0 Å². The second kappa shape index (κ2) is 6.60. The van der Waals surface area contributed by atoms with Gasteiger partial charge in [0.15, 0.2) is 0 Å². The minimum absolute atomic E-state index is 0.0751. The van der Waals surface area contributed by atoms with E-state index in [1.807, 2.05) is 19.9 Å². The molecule has 4 nitrogen and oxygen atoms in total. The van der Waals surface area contributed by atoms with Crippen LogP contribution < -0.4 is 10.1 Å². The van der Waals surface area contributed by atoms with Crippen LogP contribution >= 0.6 is 11.3 Å². The van der Waals surface area contributed by atoms with E-state index in [-0.39, 0.29) is 11.8 Å². The Kier molecular flexibility index (Phi) is 4.84. The number of benzene rings is 1. The first-order chi connectivity index (χ1) is 9.58. The number of hydrogen-bond donors (Lipinski definition) is 1. The molecule has 7 heteroatoms. The van der Waals surface area contributed by atoms with E-state index in [2.05, 4.69) is 20.3 Å². The number of anilines is 1. The SMILES string of the molecule is CCc1nnc(NC(C)c2cccc(OC(F)F)c2)s1. The van der Waals surface area contributed by atoms with Gasteiger partial charge < -0.3 is 10.1 Å². The van der Waals surface area contributed by atoms with Crippen LogP contribution in [0.5, 0.6) is 5.75 Å². The van der Waals surface area contributed by atoms with Gasteiger partial charge in [-0.2, -0.15) is 8.78 Å². The number of aromatic nitrogens is 2. The molecule has 2 rings (SSSR count). The number of alkyl halides is 2. The van der Waals surface area contributed by atoms with Crippen molar-refractivity contribution in [3.8, 4) is 5.75 Å². The normalized spacial score (nSPS) is 12.4. The minimum Gasteiger partial charge on any atom is -0.435 e. The smallest absolute Gasteiger partial charge is 0.387 e. The first-order valence-corrected chi connectivity index (χ1v) is 7.03. The van der Waals surface area contributed by atoms with Gasteiger partial charge in [-0.1, -0.05) is 30.4 Å². The summed E-state index contributed by atoms with van der Waals surface area (Å²) in [7, 11) is 0. The molecule has 1 unspecified atom stereocenters. The maximum atomic E-state index is 12.2. The van der Waals surface area contributed by atoms with Crippen LogP contribution in [-0.4, -0.2) is 16.8 Å². The lowest BCUT2D eigenvalue weighted by molar-refractivity contribution is -0.0498. The zero-order chi connectivity index (χ0) is 14.5. The summed E-state index contributed by atoms with van der Waals surface area (Å²) in [6.45, 7) is 1.12. The Morgan fingerprint density at radius 3 is 2.80 bits per heavy atom. The van der Waals surface area contributed by atoms with E-state index >= 15 is 0 Å². The second-order valence-corrected chi connectivity index (χ2v) is 5.23. The Labute approximate surface area is 119 Å². The molecule has 20 heavy (non-hydrogen) atoms. The van der Waals surface area contributed by atoms with E-state index in [1.54, 1.807) is 12.1 Å². The maximum absolute atomic E-state index is 12.2. The van der Waals surface area contributed by atoms with Crippen molar-refractivity contribution in [1.29, 1.82) is 0 Å². The van der Waals surface area contributed by atoms with Crippen molar-refractivity contribution in [2.75, 3.05) is 5.32 Å². The molecule has 1 aromatic heterocycles. The summed E-state index contributed by atoms with van der Waals surface area (Å²) >= 11 is 1.49. The molecular weight excluding hydrogens is 284 g/mol. The third kappa shape index (κ3) is 3.86. The number of hydrogen-bond acceptors (Lipinski definition) is 5. The third-order valence-corrected chi connectivity index (χ3v) is 3.69. The summed E-state index contributed by atoms with van der Waals surface area (Å²) in [6.07, 6.45) is 0.839. The standard InChI is InChI=1S/C13H15F2N3OS/c1-3-11-17-18-13(20-11)16-8(2)9-5-4-6-10(7-9)19-12(14)15/h4-8,12H,3H2,1-2H3,(H,16,18). The van der Waals surface area contributed by atoms with Crippen molar-refractivity contribution in [3.63, 3.8) is 0 Å². The average Bonchev–Trinajstić information content (AvgIpc) is 2.86. The summed E-state index contributed by atoms with van der Waals surface area (Å²) in [6, 6.07) is 6.54. The molecule has 0 aliphatic heterocycles. The predicted molar refractivity (Wildman–Crippen MR) is 74.4 cm³/mol. The van der Waals surface area contributed by atoms with Gasteiger partial charge in [0.05, 0.1) is 6.04 Å². The highest BCUT2D eigenvalue weighted by Gasteiger charge is 2.11. The third-order valence-electron chi connectivity index (χ3n) is 2.69. The summed E-state index contributed by atoms with van der Waals surface area (Å²) in [5.41, 5.74) is 0.844. The molecule has 1 aromatic carbocycles. The molecule has 0 saturated heterocycles. The van der Waals surface area contributed by atoms with Crippen LogP contribution in [0.3, 0.4) is 0 Å². The fraction of sp³-hybridized carbons (Fsp3) is 0.385. The largest absolute Gasteiger partial charge is 0.435 e. The molecule has 1 atom stereocenters. The first kappa shape index (κ1) is 14.6. The monoisotopic (exact) mass is 299 g/mol. The van der Waals surface area contributed by atoms with Crippen molar-refractivity contribution < 1.29 is 13.5 Å². The lowest BCUT2D eigenvalue weighted by atomic mass is 10.1. The molecule has 2 aromatic rings. The van der Waals surface area contributed by atoms with Crippen LogP contribution in [0.15, 0.2) is 24.3 Å². The lowest BCUT2D eigenvalue weighted by Crippen LogP contribution is -2.07. The average molecular weight is 299 g/mol. The number of nitrogens with zero attached hydrogens (tertiary/aromatic N) is 2. The van der Waals surface area contributed by atoms with Gasteiger partial charge in [-0.15, -0.1) is 10.2 Å². The first-order valence-electron chi connectivity index (χ1n) is 6.22. The quantitative estimate of drug-likeness (QED) is 0.879. The molecule has 0 fully saturated rings. The zero-order valence-corrected chi connectivity index (χ0v) is 12.0. The number of nitrogens with one attached hydrogen (secondary N) is 1. The fourth-order valence-electron chi connectivity index (χ4n) is 1.68. The van der Waals surface area contributed by atoms with Crippen LogP contribution in [0.1, 0.15) is 30.5 Å². The zero-order valence-electron chi connectivity index (χ0n) is 11.1. The number of rotatable bonds is 6. The van der Waals surface area contributed by atoms with E-state index in [0.717, 1.165) is 22.1 Å². The van der Waals surface area contributed by atoms with Gasteiger partial charge in [-0.3, -0.25) is 0 Å². The van der Waals surface area contributed by atoms with Crippen molar-refractivity contribution in [3.05, 3.63) is 34.8 Å². The highest BCUT2D eigenvalue weighted by molar-refractivity contribution is 7.15. The van der Waals surface area contributed by atoms with Crippen LogP contribution in [-0.2, 0) is 6.42 Å². The van der Waals surface area contributed by atoms with Crippen LogP contribution in [0, 0.1) is 0 Å². The molecule has 108 valence electrons. The molecule has 0 spiro atoms. The lowest BCUT2D eigenvalue weighted by Gasteiger charge is -2.14. The Balaban J connectivity index is 2.06. The predicted octanol–water partition coefficient (Wildman–Crippen LogP) is 3.88. The Bertz CT molecular complexity index is 562. The molecule has 0 radical (unpaired) electrons. The van der Waals surface area contributed by atoms with Gasteiger partial charge in [-0.25, -0.2) is 0 Å². The fourth-order valence-corrected chi connectivity index (χ4v) is 2.45. The van der Waals surface area contributed by atoms with Gasteiger partial charge in [0.25, 0.3) is 0 Å². The highest BCUT2D eigenvalue weighted by Crippen LogP contribution is 2.25. The Hall–Kier alpha value is -1.76. The molecule has 1 N–H and O–H groups in total. The van der Waals surface area contributed by atoms with Crippen molar-refractivity contribution in [2.45, 2.75) is 32.9 Å². The molecule has 0 amide bonds. The Morgan fingerprint density at radius 2 is 2.15 bits per heavy atom. The second-order valence-electron chi connectivity index (χ2n) is 4.17. The van der Waals surface area contributed by atoms with Gasteiger partial charge in [0.2, 0.25) is 5.13 Å². The number of halogens is 2. The van der Waals surface area contributed by atoms with E-state index in [1.165, 1.54) is 17.4 Å². The van der Waals surface area contributed by atoms with E-state index in [0.29, 0.717) is 0 Å². The molecular formula is C13H15F2N3OS. The van der Waals surface area contributed by atoms with E-state index in [9.17, 15) is 8.78 Å². The number of ether oxygens (including phenoxy) is 1. The number of aryl methyl sites for hydroxylation is 1. The minimum atomic E-state index is -2.82. The van der Waals surface area contributed by atoms with Gasteiger partial charge in [0, 0.05) is 0 Å². The van der Waals surface area contributed by atoms with E-state index < -0.39 is 6.61 Å². The van der Waals surface area contributed by atoms with Gasteiger partial charge in [0.1, 0.15) is 10.8 Å². The molecule has 0 saturated carbocycles. The van der Waals surface area contributed by atoms with Gasteiger partial charge >= 0.3 is 6.61 Å².